The number of hydrogen-bond donors (Lipinski definition) is 0. The van der Waals surface area contributed by atoms with E-state index < -0.39 is 0 Å². The maximum atomic E-state index is 13.6. The summed E-state index contributed by atoms with van der Waals surface area (Å²) in [6.07, 6.45) is 0. The molecule has 2 aromatic carbocycles. The van der Waals surface area contributed by atoms with E-state index in [1.54, 1.807) is 6.07 Å². The number of fused-ring (bicyclic) bond motifs is 1. The molecule has 0 atom stereocenters. The van der Waals surface area contributed by atoms with Gasteiger partial charge in [-0.2, -0.15) is 0 Å². The van der Waals surface area contributed by atoms with Crippen molar-refractivity contribution in [2.75, 3.05) is 0 Å². The molecule has 0 bridgehead atoms. The Labute approximate surface area is 143 Å². The fourth-order valence-electron chi connectivity index (χ4n) is 2.22. The Kier molecular flexibility index (Phi) is 4.33. The number of benzene rings is 2. The van der Waals surface area contributed by atoms with Gasteiger partial charge in [0.15, 0.2) is 0 Å². The third kappa shape index (κ3) is 3.00. The van der Waals surface area contributed by atoms with E-state index >= 15 is 0 Å². The first-order chi connectivity index (χ1) is 10.1. The van der Waals surface area contributed by atoms with Crippen molar-refractivity contribution >= 4 is 54.5 Å². The molecule has 0 radical (unpaired) electrons. The number of halogens is 4. The van der Waals surface area contributed by atoms with Gasteiger partial charge in [-0.3, -0.25) is 0 Å². The summed E-state index contributed by atoms with van der Waals surface area (Å²) in [5, 5.41) is 0. The summed E-state index contributed by atoms with van der Waals surface area (Å²) in [7, 11) is 0. The maximum absolute atomic E-state index is 13.6. The number of nitrogens with zero attached hydrogens (tertiary/aromatic N) is 2. The molecule has 0 fully saturated rings. The lowest BCUT2D eigenvalue weighted by atomic mass is 10.2. The van der Waals surface area contributed by atoms with Gasteiger partial charge in [-0.1, -0.05) is 28.1 Å². The molecule has 21 heavy (non-hydrogen) atoms. The second-order valence-corrected chi connectivity index (χ2v) is 6.67. The van der Waals surface area contributed by atoms with Crippen LogP contribution in [-0.2, 0) is 12.4 Å². The molecule has 2 nitrogen and oxygen atoms in total. The van der Waals surface area contributed by atoms with Gasteiger partial charge < -0.3 is 4.57 Å². The van der Waals surface area contributed by atoms with Gasteiger partial charge in [0, 0.05) is 17.1 Å². The predicted octanol–water partition coefficient (Wildman–Crippen LogP) is 5.49. The average Bonchev–Trinajstić information content (AvgIpc) is 2.79. The predicted molar refractivity (Wildman–Crippen MR) is 90.2 cm³/mol. The number of imidazole rings is 1. The van der Waals surface area contributed by atoms with Crippen LogP contribution in [0.3, 0.4) is 0 Å². The fraction of sp³-hybridized carbons (Fsp3) is 0.133. The molecule has 108 valence electrons. The molecule has 6 heteroatoms. The van der Waals surface area contributed by atoms with Crippen LogP contribution in [0.15, 0.2) is 45.3 Å². The van der Waals surface area contributed by atoms with Crippen LogP contribution in [0.25, 0.3) is 11.0 Å². The molecule has 3 aromatic rings. The van der Waals surface area contributed by atoms with Crippen molar-refractivity contribution < 1.29 is 4.39 Å². The Morgan fingerprint density at radius 3 is 2.52 bits per heavy atom. The summed E-state index contributed by atoms with van der Waals surface area (Å²) in [4.78, 5) is 4.41. The Bertz CT molecular complexity index is 800. The number of alkyl halides is 1. The molecule has 0 saturated carbocycles. The molecule has 0 aliphatic rings. The minimum absolute atomic E-state index is 0.282. The lowest BCUT2D eigenvalue weighted by Gasteiger charge is -2.08. The van der Waals surface area contributed by atoms with Crippen molar-refractivity contribution in [2.45, 2.75) is 12.4 Å². The molecule has 1 aromatic heterocycles. The van der Waals surface area contributed by atoms with Crippen molar-refractivity contribution in [3.05, 3.63) is 62.5 Å². The highest BCUT2D eigenvalue weighted by molar-refractivity contribution is 9.10. The van der Waals surface area contributed by atoms with Crippen molar-refractivity contribution in [1.82, 2.24) is 9.55 Å². The number of aromatic nitrogens is 2. The van der Waals surface area contributed by atoms with E-state index in [0.717, 1.165) is 21.4 Å². The van der Waals surface area contributed by atoms with E-state index in [0.29, 0.717) is 16.5 Å². The van der Waals surface area contributed by atoms with Gasteiger partial charge in [-0.15, -0.1) is 11.6 Å². The van der Waals surface area contributed by atoms with E-state index in [-0.39, 0.29) is 11.7 Å². The first-order valence-corrected chi connectivity index (χ1v) is 8.35. The van der Waals surface area contributed by atoms with Crippen LogP contribution >= 0.6 is 43.5 Å². The molecule has 0 aliphatic carbocycles. The second kappa shape index (κ2) is 6.07. The van der Waals surface area contributed by atoms with Crippen molar-refractivity contribution in [2.24, 2.45) is 0 Å². The zero-order chi connectivity index (χ0) is 15.0. The molecular formula is C15H10Br2ClFN2. The van der Waals surface area contributed by atoms with E-state index in [9.17, 15) is 4.39 Å². The van der Waals surface area contributed by atoms with Crippen LogP contribution in [0.5, 0.6) is 0 Å². The summed E-state index contributed by atoms with van der Waals surface area (Å²) < 4.78 is 17.1. The van der Waals surface area contributed by atoms with E-state index in [1.807, 2.05) is 28.8 Å². The quantitative estimate of drug-likeness (QED) is 0.501. The van der Waals surface area contributed by atoms with Crippen LogP contribution < -0.4 is 0 Å². The van der Waals surface area contributed by atoms with Crippen LogP contribution in [0.2, 0.25) is 0 Å². The van der Waals surface area contributed by atoms with E-state index in [1.165, 1.54) is 6.07 Å². The zero-order valence-electron chi connectivity index (χ0n) is 10.8. The summed E-state index contributed by atoms with van der Waals surface area (Å²) in [5.74, 6) is 0.689. The SMILES string of the molecule is Fc1cc2nc(CCl)n(Cc3ccc(Br)cc3)c2cc1Br. The minimum Gasteiger partial charge on any atom is -0.322 e. The molecule has 0 aliphatic heterocycles. The molecule has 0 saturated heterocycles. The minimum atomic E-state index is -0.322. The molecule has 0 spiro atoms. The average molecular weight is 433 g/mol. The maximum Gasteiger partial charge on any atom is 0.139 e. The first-order valence-electron chi connectivity index (χ1n) is 6.23. The first kappa shape index (κ1) is 15.0. The smallest absolute Gasteiger partial charge is 0.139 e. The number of rotatable bonds is 3. The Morgan fingerprint density at radius 1 is 1.14 bits per heavy atom. The highest BCUT2D eigenvalue weighted by atomic mass is 79.9. The Morgan fingerprint density at radius 2 is 1.86 bits per heavy atom. The summed E-state index contributed by atoms with van der Waals surface area (Å²) in [6, 6.07) is 11.2. The summed E-state index contributed by atoms with van der Waals surface area (Å²) in [6.45, 7) is 0.643. The van der Waals surface area contributed by atoms with E-state index in [4.69, 9.17) is 11.6 Å². The molecule has 3 rings (SSSR count). The third-order valence-corrected chi connectivity index (χ3v) is 4.62. The van der Waals surface area contributed by atoms with Gasteiger partial charge in [0.05, 0.1) is 21.4 Å². The van der Waals surface area contributed by atoms with Gasteiger partial charge in [0.1, 0.15) is 11.6 Å². The van der Waals surface area contributed by atoms with Gasteiger partial charge >= 0.3 is 0 Å². The van der Waals surface area contributed by atoms with Crippen LogP contribution in [0, 0.1) is 5.82 Å². The third-order valence-electron chi connectivity index (χ3n) is 3.24. The summed E-state index contributed by atoms with van der Waals surface area (Å²) >= 11 is 12.6. The highest BCUT2D eigenvalue weighted by Crippen LogP contribution is 2.26. The highest BCUT2D eigenvalue weighted by Gasteiger charge is 2.13. The normalized spacial score (nSPS) is 11.2. The zero-order valence-corrected chi connectivity index (χ0v) is 14.7. The number of hydrogen-bond acceptors (Lipinski definition) is 1. The molecular weight excluding hydrogens is 422 g/mol. The molecule has 0 N–H and O–H groups in total. The van der Waals surface area contributed by atoms with Gasteiger partial charge in [-0.05, 0) is 39.7 Å². The summed E-state index contributed by atoms with van der Waals surface area (Å²) in [5.41, 5.74) is 2.61. The molecule has 0 amide bonds. The Balaban J connectivity index is 2.11. The molecule has 0 unspecified atom stereocenters. The fourth-order valence-corrected chi connectivity index (χ4v) is 3.02. The molecule has 1 heterocycles. The lowest BCUT2D eigenvalue weighted by Crippen LogP contribution is -2.03. The monoisotopic (exact) mass is 430 g/mol. The van der Waals surface area contributed by atoms with Gasteiger partial charge in [-0.25, -0.2) is 9.37 Å². The van der Waals surface area contributed by atoms with Crippen LogP contribution in [-0.4, -0.2) is 9.55 Å². The van der Waals surface area contributed by atoms with Gasteiger partial charge in [0.25, 0.3) is 0 Å². The lowest BCUT2D eigenvalue weighted by molar-refractivity contribution is 0.622. The standard InChI is InChI=1S/C15H10Br2ClFN2/c16-10-3-1-9(2-4-10)8-21-14-5-11(17)12(19)6-13(14)20-15(21)7-18/h1-6H,7-8H2. The largest absolute Gasteiger partial charge is 0.322 e. The van der Waals surface area contributed by atoms with Crippen molar-refractivity contribution in [3.63, 3.8) is 0 Å². The van der Waals surface area contributed by atoms with Gasteiger partial charge in [0.2, 0.25) is 0 Å². The van der Waals surface area contributed by atoms with Crippen molar-refractivity contribution in [3.8, 4) is 0 Å². The Hall–Kier alpha value is -0.910. The van der Waals surface area contributed by atoms with Crippen LogP contribution in [0.4, 0.5) is 4.39 Å². The van der Waals surface area contributed by atoms with Crippen molar-refractivity contribution in [1.29, 1.82) is 0 Å². The van der Waals surface area contributed by atoms with E-state index in [2.05, 4.69) is 36.8 Å². The topological polar surface area (TPSA) is 17.8 Å². The second-order valence-electron chi connectivity index (χ2n) is 4.63. The van der Waals surface area contributed by atoms with Crippen LogP contribution in [0.1, 0.15) is 11.4 Å².